The minimum absolute atomic E-state index is 0.0438. The second-order valence-electron chi connectivity index (χ2n) is 2.77. The first-order valence-electron chi connectivity index (χ1n) is 4.17. The third-order valence-corrected chi connectivity index (χ3v) is 1.61. The van der Waals surface area contributed by atoms with Crippen molar-refractivity contribution < 1.29 is 19.7 Å². The van der Waals surface area contributed by atoms with Crippen molar-refractivity contribution in [3.63, 3.8) is 0 Å². The van der Waals surface area contributed by atoms with E-state index in [0.717, 1.165) is 0 Å². The Labute approximate surface area is 77.8 Å². The van der Waals surface area contributed by atoms with Crippen LogP contribution in [0.15, 0.2) is 11.6 Å². The molecule has 0 saturated carbocycles. The average molecular weight is 188 g/mol. The molecular formula is C9H16O4. The number of hydrogen-bond donors (Lipinski definition) is 2. The Kier molecular flexibility index (Phi) is 6.18. The van der Waals surface area contributed by atoms with Crippen LogP contribution in [0.1, 0.15) is 19.8 Å². The molecule has 0 spiro atoms. The van der Waals surface area contributed by atoms with Gasteiger partial charge >= 0.3 is 5.97 Å². The second-order valence-corrected chi connectivity index (χ2v) is 2.77. The molecule has 0 aliphatic heterocycles. The third-order valence-electron chi connectivity index (χ3n) is 1.61. The van der Waals surface area contributed by atoms with Gasteiger partial charge in [-0.05, 0) is 25.8 Å². The van der Waals surface area contributed by atoms with Gasteiger partial charge in [0.1, 0.15) is 0 Å². The Bertz CT molecular complexity index is 186. The lowest BCUT2D eigenvalue weighted by atomic mass is 10.1. The molecule has 0 saturated heterocycles. The van der Waals surface area contributed by atoms with Crippen LogP contribution < -0.4 is 0 Å². The summed E-state index contributed by atoms with van der Waals surface area (Å²) in [5.74, 6) is -0.442. The molecule has 0 amide bonds. The fourth-order valence-electron chi connectivity index (χ4n) is 0.901. The molecule has 0 aromatic rings. The average Bonchev–Trinajstić information content (AvgIpc) is 2.13. The van der Waals surface area contributed by atoms with E-state index in [1.807, 2.05) is 0 Å². The van der Waals surface area contributed by atoms with Gasteiger partial charge in [0.15, 0.2) is 0 Å². The number of carbonyl (C=O) groups is 1. The standard InChI is InChI=1S/C9H16O4/c1-7(9(12)13-2)6-8(11)4-3-5-10/h6,8,10-11H,3-5H2,1-2H3. The number of aliphatic hydroxyl groups is 2. The molecule has 2 N–H and O–H groups in total. The highest BCUT2D eigenvalue weighted by atomic mass is 16.5. The number of methoxy groups -OCH3 is 1. The van der Waals surface area contributed by atoms with Gasteiger partial charge in [-0.3, -0.25) is 0 Å². The molecule has 0 aliphatic rings. The first-order valence-corrected chi connectivity index (χ1v) is 4.17. The van der Waals surface area contributed by atoms with E-state index in [4.69, 9.17) is 5.11 Å². The van der Waals surface area contributed by atoms with Gasteiger partial charge < -0.3 is 14.9 Å². The Morgan fingerprint density at radius 2 is 2.23 bits per heavy atom. The summed E-state index contributed by atoms with van der Waals surface area (Å²) in [4.78, 5) is 10.9. The number of hydrogen-bond acceptors (Lipinski definition) is 4. The molecule has 76 valence electrons. The highest BCUT2D eigenvalue weighted by Gasteiger charge is 2.06. The van der Waals surface area contributed by atoms with Gasteiger partial charge in [0, 0.05) is 12.2 Å². The molecule has 0 aromatic carbocycles. The van der Waals surface area contributed by atoms with Gasteiger partial charge in [0.2, 0.25) is 0 Å². The lowest BCUT2D eigenvalue weighted by Gasteiger charge is -2.05. The molecule has 0 aliphatic carbocycles. The molecule has 0 rings (SSSR count). The highest BCUT2D eigenvalue weighted by molar-refractivity contribution is 5.87. The van der Waals surface area contributed by atoms with Crippen LogP contribution >= 0.6 is 0 Å². The number of esters is 1. The molecule has 0 bridgehead atoms. The SMILES string of the molecule is COC(=O)C(C)=CC(O)CCCO. The molecule has 4 heteroatoms. The lowest BCUT2D eigenvalue weighted by molar-refractivity contribution is -0.136. The zero-order valence-electron chi connectivity index (χ0n) is 7.99. The van der Waals surface area contributed by atoms with Gasteiger partial charge in [0.25, 0.3) is 0 Å². The number of ether oxygens (including phenoxy) is 1. The number of rotatable bonds is 5. The van der Waals surface area contributed by atoms with Crippen LogP contribution in [0.5, 0.6) is 0 Å². The molecule has 13 heavy (non-hydrogen) atoms. The quantitative estimate of drug-likeness (QED) is 0.479. The van der Waals surface area contributed by atoms with E-state index in [2.05, 4.69) is 4.74 Å². The van der Waals surface area contributed by atoms with Gasteiger partial charge in [-0.1, -0.05) is 0 Å². The largest absolute Gasteiger partial charge is 0.466 e. The van der Waals surface area contributed by atoms with Crippen molar-refractivity contribution in [2.75, 3.05) is 13.7 Å². The minimum Gasteiger partial charge on any atom is -0.466 e. The third kappa shape index (κ3) is 5.38. The summed E-state index contributed by atoms with van der Waals surface area (Å²) in [5.41, 5.74) is 0.382. The monoisotopic (exact) mass is 188 g/mol. The predicted molar refractivity (Wildman–Crippen MR) is 48.1 cm³/mol. The predicted octanol–water partition coefficient (Wildman–Crippen LogP) is 0.239. The van der Waals surface area contributed by atoms with Crippen LogP contribution in [-0.2, 0) is 9.53 Å². The van der Waals surface area contributed by atoms with Crippen molar-refractivity contribution in [1.29, 1.82) is 0 Å². The summed E-state index contributed by atoms with van der Waals surface area (Å²) in [6.45, 7) is 1.62. The fourth-order valence-corrected chi connectivity index (χ4v) is 0.901. The maximum atomic E-state index is 10.9. The highest BCUT2D eigenvalue weighted by Crippen LogP contribution is 2.03. The maximum Gasteiger partial charge on any atom is 0.333 e. The number of carbonyl (C=O) groups excluding carboxylic acids is 1. The van der Waals surface area contributed by atoms with Crippen molar-refractivity contribution in [1.82, 2.24) is 0 Å². The maximum absolute atomic E-state index is 10.9. The summed E-state index contributed by atoms with van der Waals surface area (Å²) in [7, 11) is 1.29. The van der Waals surface area contributed by atoms with E-state index in [1.165, 1.54) is 13.2 Å². The van der Waals surface area contributed by atoms with Gasteiger partial charge in [-0.15, -0.1) is 0 Å². The Hall–Kier alpha value is -0.870. The van der Waals surface area contributed by atoms with Gasteiger partial charge in [0.05, 0.1) is 13.2 Å². The van der Waals surface area contributed by atoms with E-state index >= 15 is 0 Å². The fraction of sp³-hybridized carbons (Fsp3) is 0.667. The molecular weight excluding hydrogens is 172 g/mol. The van der Waals surface area contributed by atoms with Crippen LogP contribution in [-0.4, -0.2) is 36.0 Å². The molecule has 0 fully saturated rings. The lowest BCUT2D eigenvalue weighted by Crippen LogP contribution is -2.08. The molecule has 0 radical (unpaired) electrons. The summed E-state index contributed by atoms with van der Waals surface area (Å²) in [6.07, 6.45) is 1.71. The van der Waals surface area contributed by atoms with Crippen molar-refractivity contribution in [2.45, 2.75) is 25.9 Å². The molecule has 4 nitrogen and oxygen atoms in total. The van der Waals surface area contributed by atoms with E-state index < -0.39 is 12.1 Å². The summed E-state index contributed by atoms with van der Waals surface area (Å²) in [6, 6.07) is 0. The van der Waals surface area contributed by atoms with Crippen molar-refractivity contribution >= 4 is 5.97 Å². The van der Waals surface area contributed by atoms with Crippen molar-refractivity contribution in [3.8, 4) is 0 Å². The zero-order valence-corrected chi connectivity index (χ0v) is 7.99. The summed E-state index contributed by atoms with van der Waals surface area (Å²) < 4.78 is 4.45. The molecule has 1 unspecified atom stereocenters. The summed E-state index contributed by atoms with van der Waals surface area (Å²) >= 11 is 0. The van der Waals surface area contributed by atoms with Crippen LogP contribution in [0.4, 0.5) is 0 Å². The van der Waals surface area contributed by atoms with Gasteiger partial charge in [-0.2, -0.15) is 0 Å². The van der Waals surface area contributed by atoms with Crippen molar-refractivity contribution in [3.05, 3.63) is 11.6 Å². The van der Waals surface area contributed by atoms with Crippen molar-refractivity contribution in [2.24, 2.45) is 0 Å². The number of aliphatic hydroxyl groups excluding tert-OH is 2. The van der Waals surface area contributed by atoms with E-state index in [1.54, 1.807) is 6.92 Å². The van der Waals surface area contributed by atoms with E-state index in [9.17, 15) is 9.90 Å². The van der Waals surface area contributed by atoms with Crippen LogP contribution in [0.3, 0.4) is 0 Å². The Morgan fingerprint density at radius 3 is 2.69 bits per heavy atom. The topological polar surface area (TPSA) is 66.8 Å². The molecule has 0 heterocycles. The first kappa shape index (κ1) is 12.1. The summed E-state index contributed by atoms with van der Waals surface area (Å²) in [5, 5.41) is 17.8. The second kappa shape index (κ2) is 6.62. The van der Waals surface area contributed by atoms with Gasteiger partial charge in [-0.25, -0.2) is 4.79 Å². The van der Waals surface area contributed by atoms with E-state index in [-0.39, 0.29) is 6.61 Å². The van der Waals surface area contributed by atoms with Crippen LogP contribution in [0.25, 0.3) is 0 Å². The van der Waals surface area contributed by atoms with E-state index in [0.29, 0.717) is 18.4 Å². The van der Waals surface area contributed by atoms with Crippen LogP contribution in [0.2, 0.25) is 0 Å². The normalized spacial score (nSPS) is 14.0. The van der Waals surface area contributed by atoms with Crippen LogP contribution in [0, 0.1) is 0 Å². The molecule has 1 atom stereocenters. The smallest absolute Gasteiger partial charge is 0.333 e. The minimum atomic E-state index is -0.689. The first-order chi connectivity index (χ1) is 6.11. The Balaban J connectivity index is 3.97. The zero-order chi connectivity index (χ0) is 10.3. The molecule has 0 aromatic heterocycles. The Morgan fingerprint density at radius 1 is 1.62 bits per heavy atom.